The Hall–Kier alpha value is -0.590. The summed E-state index contributed by atoms with van der Waals surface area (Å²) in [6, 6.07) is 2.25. The first-order valence-corrected chi connectivity index (χ1v) is 5.41. The van der Waals surface area contributed by atoms with Crippen molar-refractivity contribution in [2.75, 3.05) is 19.8 Å². The molecule has 0 bridgehead atoms. The number of nitrogens with zero attached hydrogens (tertiary/aromatic N) is 1. The van der Waals surface area contributed by atoms with E-state index in [1.165, 1.54) is 12.8 Å². The van der Waals surface area contributed by atoms with Gasteiger partial charge in [-0.3, -0.25) is 0 Å². The van der Waals surface area contributed by atoms with E-state index in [9.17, 15) is 0 Å². The third kappa shape index (κ3) is 2.46. The molecule has 0 N–H and O–H groups in total. The molecule has 0 amide bonds. The Morgan fingerprint density at radius 3 is 2.64 bits per heavy atom. The largest absolute Gasteiger partial charge is 0.381 e. The van der Waals surface area contributed by atoms with E-state index < -0.39 is 0 Å². The van der Waals surface area contributed by atoms with Crippen LogP contribution in [0.1, 0.15) is 32.1 Å². The van der Waals surface area contributed by atoms with Gasteiger partial charge < -0.3 is 9.47 Å². The summed E-state index contributed by atoms with van der Waals surface area (Å²) >= 11 is 0. The third-order valence-corrected chi connectivity index (χ3v) is 3.20. The maximum absolute atomic E-state index is 8.65. The second-order valence-corrected chi connectivity index (χ2v) is 4.46. The molecule has 78 valence electrons. The van der Waals surface area contributed by atoms with Crippen LogP contribution in [0.15, 0.2) is 0 Å². The van der Waals surface area contributed by atoms with Gasteiger partial charge in [0.15, 0.2) is 0 Å². The molecule has 0 unspecified atom stereocenters. The van der Waals surface area contributed by atoms with Crippen LogP contribution in [0.4, 0.5) is 0 Å². The second-order valence-electron chi connectivity index (χ2n) is 4.46. The molecular formula is C11H17NO2. The fourth-order valence-electron chi connectivity index (χ4n) is 1.85. The van der Waals surface area contributed by atoms with Crippen LogP contribution in [-0.2, 0) is 9.47 Å². The van der Waals surface area contributed by atoms with Crippen LogP contribution in [-0.4, -0.2) is 25.9 Å². The van der Waals surface area contributed by atoms with Crippen molar-refractivity contribution >= 4 is 0 Å². The quantitative estimate of drug-likeness (QED) is 0.687. The average molecular weight is 195 g/mol. The zero-order valence-corrected chi connectivity index (χ0v) is 8.50. The van der Waals surface area contributed by atoms with Crippen molar-refractivity contribution in [1.82, 2.24) is 0 Å². The minimum atomic E-state index is 0.229. The first kappa shape index (κ1) is 9.95. The molecule has 0 aromatic rings. The Labute approximate surface area is 85.0 Å². The van der Waals surface area contributed by atoms with Gasteiger partial charge in [-0.25, -0.2) is 0 Å². The van der Waals surface area contributed by atoms with Gasteiger partial charge in [-0.15, -0.1) is 0 Å². The molecule has 0 spiro atoms. The normalized spacial score (nSPS) is 25.6. The van der Waals surface area contributed by atoms with Crippen molar-refractivity contribution < 1.29 is 9.47 Å². The highest BCUT2D eigenvalue weighted by atomic mass is 16.5. The molecule has 1 heterocycles. The zero-order valence-electron chi connectivity index (χ0n) is 8.50. The van der Waals surface area contributed by atoms with E-state index in [4.69, 9.17) is 14.7 Å². The molecule has 1 saturated carbocycles. The van der Waals surface area contributed by atoms with Gasteiger partial charge in [0.1, 0.15) is 0 Å². The molecule has 3 nitrogen and oxygen atoms in total. The number of hydrogen-bond acceptors (Lipinski definition) is 3. The smallest absolute Gasteiger partial charge is 0.0628 e. The van der Waals surface area contributed by atoms with Crippen LogP contribution >= 0.6 is 0 Å². The summed E-state index contributed by atoms with van der Waals surface area (Å²) < 4.78 is 11.1. The van der Waals surface area contributed by atoms with E-state index in [0.717, 1.165) is 32.7 Å². The molecule has 1 aliphatic heterocycles. The van der Waals surface area contributed by atoms with Crippen LogP contribution < -0.4 is 0 Å². The average Bonchev–Trinajstić information content (AvgIpc) is 2.98. The molecule has 0 atom stereocenters. The lowest BCUT2D eigenvalue weighted by atomic mass is 10.1. The Morgan fingerprint density at radius 1 is 1.36 bits per heavy atom. The predicted molar refractivity (Wildman–Crippen MR) is 51.7 cm³/mol. The van der Waals surface area contributed by atoms with Gasteiger partial charge in [-0.05, 0) is 25.7 Å². The summed E-state index contributed by atoms with van der Waals surface area (Å²) in [5.74, 6) is 0. The second kappa shape index (κ2) is 4.29. The Morgan fingerprint density at radius 2 is 2.07 bits per heavy atom. The minimum Gasteiger partial charge on any atom is -0.381 e. The topological polar surface area (TPSA) is 42.2 Å². The van der Waals surface area contributed by atoms with Crippen molar-refractivity contribution in [2.24, 2.45) is 5.41 Å². The van der Waals surface area contributed by atoms with Gasteiger partial charge in [0, 0.05) is 25.0 Å². The predicted octanol–water partition coefficient (Wildman–Crippen LogP) is 1.88. The number of hydrogen-bond donors (Lipinski definition) is 0. The van der Waals surface area contributed by atoms with E-state index in [1.54, 1.807) is 0 Å². The van der Waals surface area contributed by atoms with Crippen LogP contribution in [0.5, 0.6) is 0 Å². The monoisotopic (exact) mass is 195 g/mol. The fraction of sp³-hybridized carbons (Fsp3) is 0.909. The maximum Gasteiger partial charge on any atom is 0.0628 e. The first-order chi connectivity index (χ1) is 6.85. The lowest BCUT2D eigenvalue weighted by molar-refractivity contribution is -0.0458. The maximum atomic E-state index is 8.65. The lowest BCUT2D eigenvalue weighted by Crippen LogP contribution is -2.26. The molecule has 3 heteroatoms. The molecule has 0 aromatic carbocycles. The van der Waals surface area contributed by atoms with Gasteiger partial charge >= 0.3 is 0 Å². The van der Waals surface area contributed by atoms with Crippen molar-refractivity contribution in [3.63, 3.8) is 0 Å². The number of ether oxygens (including phenoxy) is 2. The molecule has 2 rings (SSSR count). The first-order valence-electron chi connectivity index (χ1n) is 5.41. The van der Waals surface area contributed by atoms with E-state index in [2.05, 4.69) is 6.07 Å². The summed E-state index contributed by atoms with van der Waals surface area (Å²) in [5, 5.41) is 8.65. The highest BCUT2D eigenvalue weighted by molar-refractivity contribution is 4.99. The molecule has 14 heavy (non-hydrogen) atoms. The van der Waals surface area contributed by atoms with Crippen LogP contribution in [0.2, 0.25) is 0 Å². The minimum absolute atomic E-state index is 0.229. The molecular weight excluding hydrogens is 178 g/mol. The van der Waals surface area contributed by atoms with E-state index in [0.29, 0.717) is 12.5 Å². The Bertz CT molecular complexity index is 224. The van der Waals surface area contributed by atoms with E-state index in [-0.39, 0.29) is 5.41 Å². The Kier molecular flexibility index (Phi) is 3.05. The third-order valence-electron chi connectivity index (χ3n) is 3.20. The summed E-state index contributed by atoms with van der Waals surface area (Å²) in [7, 11) is 0. The molecule has 2 fully saturated rings. The zero-order chi connectivity index (χ0) is 9.86. The fourth-order valence-corrected chi connectivity index (χ4v) is 1.85. The highest BCUT2D eigenvalue weighted by Crippen LogP contribution is 2.49. The van der Waals surface area contributed by atoms with Gasteiger partial charge in [0.05, 0.1) is 18.8 Å². The lowest BCUT2D eigenvalue weighted by Gasteiger charge is -2.24. The SMILES string of the molecule is N#CCC1(COC2CCOCC2)CC1. The number of nitriles is 1. The van der Waals surface area contributed by atoms with Gasteiger partial charge in [-0.2, -0.15) is 5.26 Å². The molecule has 1 saturated heterocycles. The van der Waals surface area contributed by atoms with Crippen LogP contribution in [0.3, 0.4) is 0 Å². The summed E-state index contributed by atoms with van der Waals surface area (Å²) in [6.07, 6.45) is 5.41. The molecule has 2 aliphatic rings. The molecule has 1 aliphatic carbocycles. The van der Waals surface area contributed by atoms with Crippen molar-refractivity contribution in [3.8, 4) is 6.07 Å². The standard InChI is InChI=1S/C11H17NO2/c12-6-5-11(3-4-11)9-14-10-1-7-13-8-2-10/h10H,1-5,7-9H2. The van der Waals surface area contributed by atoms with Gasteiger partial charge in [0.25, 0.3) is 0 Å². The van der Waals surface area contributed by atoms with Crippen LogP contribution in [0.25, 0.3) is 0 Å². The molecule has 0 radical (unpaired) electrons. The number of rotatable bonds is 4. The summed E-state index contributed by atoms with van der Waals surface area (Å²) in [5.41, 5.74) is 0.229. The van der Waals surface area contributed by atoms with E-state index >= 15 is 0 Å². The van der Waals surface area contributed by atoms with Crippen molar-refractivity contribution in [1.29, 1.82) is 5.26 Å². The highest BCUT2D eigenvalue weighted by Gasteiger charge is 2.43. The summed E-state index contributed by atoms with van der Waals surface area (Å²) in [6.45, 7) is 2.44. The van der Waals surface area contributed by atoms with Gasteiger partial charge in [-0.1, -0.05) is 0 Å². The van der Waals surface area contributed by atoms with Crippen molar-refractivity contribution in [3.05, 3.63) is 0 Å². The van der Waals surface area contributed by atoms with Crippen LogP contribution in [0, 0.1) is 16.7 Å². The van der Waals surface area contributed by atoms with Crippen molar-refractivity contribution in [2.45, 2.75) is 38.2 Å². The van der Waals surface area contributed by atoms with Gasteiger partial charge in [0.2, 0.25) is 0 Å². The van der Waals surface area contributed by atoms with E-state index in [1.807, 2.05) is 0 Å². The summed E-state index contributed by atoms with van der Waals surface area (Å²) in [4.78, 5) is 0. The Balaban J connectivity index is 1.69. The molecule has 0 aromatic heterocycles.